The monoisotopic (exact) mass is 419 g/mol. The molecule has 2 aromatic carbocycles. The minimum Gasteiger partial charge on any atom is -0.508 e. The van der Waals surface area contributed by atoms with Crippen molar-refractivity contribution in [1.29, 1.82) is 0 Å². The fourth-order valence-corrected chi connectivity index (χ4v) is 4.39. The maximum Gasteiger partial charge on any atom is 0.419 e. The zero-order chi connectivity index (χ0) is 21.9. The Kier molecular flexibility index (Phi) is 4.36. The first-order chi connectivity index (χ1) is 13.9. The third-order valence-electron chi connectivity index (χ3n) is 5.77. The van der Waals surface area contributed by atoms with E-state index in [1.54, 1.807) is 19.9 Å². The number of H-pyrrole nitrogens is 1. The van der Waals surface area contributed by atoms with Crippen molar-refractivity contribution in [3.05, 3.63) is 64.1 Å². The van der Waals surface area contributed by atoms with Crippen LogP contribution in [-0.2, 0) is 5.41 Å². The van der Waals surface area contributed by atoms with E-state index in [0.717, 1.165) is 0 Å². The van der Waals surface area contributed by atoms with Crippen LogP contribution in [-0.4, -0.2) is 32.2 Å². The Hall–Kier alpha value is -3.07. The molecule has 158 valence electrons. The van der Waals surface area contributed by atoms with E-state index in [9.17, 15) is 28.2 Å². The van der Waals surface area contributed by atoms with Gasteiger partial charge in [-0.3, -0.25) is 4.79 Å². The Bertz CT molecular complexity index is 1190. The normalized spacial score (nSPS) is 23.2. The fourth-order valence-electron chi connectivity index (χ4n) is 4.39. The molecule has 6 nitrogen and oxygen atoms in total. The van der Waals surface area contributed by atoms with Gasteiger partial charge in [0.15, 0.2) is 5.60 Å². The van der Waals surface area contributed by atoms with Crippen molar-refractivity contribution in [2.75, 3.05) is 5.32 Å². The average Bonchev–Trinajstić information content (AvgIpc) is 2.64. The van der Waals surface area contributed by atoms with Crippen molar-refractivity contribution in [2.45, 2.75) is 43.5 Å². The summed E-state index contributed by atoms with van der Waals surface area (Å²) in [5.74, 6) is -0.209. The number of alkyl halides is 3. The van der Waals surface area contributed by atoms with Crippen molar-refractivity contribution >= 4 is 16.5 Å². The first-order valence-corrected chi connectivity index (χ1v) is 9.29. The van der Waals surface area contributed by atoms with Crippen LogP contribution >= 0.6 is 0 Å². The van der Waals surface area contributed by atoms with Gasteiger partial charge >= 0.3 is 6.18 Å². The summed E-state index contributed by atoms with van der Waals surface area (Å²) in [6, 6.07) is 7.19. The van der Waals surface area contributed by atoms with Crippen LogP contribution in [0.4, 0.5) is 18.9 Å². The molecular formula is C21H20F3N3O3. The molecular weight excluding hydrogens is 399 g/mol. The minimum atomic E-state index is -4.95. The zero-order valence-electron chi connectivity index (χ0n) is 16.2. The van der Waals surface area contributed by atoms with Crippen LogP contribution in [0, 0.1) is 0 Å². The number of phenolic OH excluding ortho intramolecular Hbond substituents is 1. The predicted molar refractivity (Wildman–Crippen MR) is 105 cm³/mol. The molecule has 0 aliphatic heterocycles. The molecule has 0 spiro atoms. The highest BCUT2D eigenvalue weighted by atomic mass is 19.4. The lowest BCUT2D eigenvalue weighted by molar-refractivity contribution is -0.275. The maximum absolute atomic E-state index is 14.2. The van der Waals surface area contributed by atoms with Gasteiger partial charge in [0.1, 0.15) is 5.75 Å². The van der Waals surface area contributed by atoms with E-state index in [0.29, 0.717) is 10.9 Å². The summed E-state index contributed by atoms with van der Waals surface area (Å²) in [5.41, 5.74) is -3.65. The van der Waals surface area contributed by atoms with E-state index in [-0.39, 0.29) is 22.4 Å². The Labute approximate surface area is 169 Å². The van der Waals surface area contributed by atoms with Gasteiger partial charge in [-0.2, -0.15) is 18.3 Å². The van der Waals surface area contributed by atoms with Gasteiger partial charge in [0, 0.05) is 11.1 Å². The number of rotatable bonds is 2. The SMILES string of the molecule is CC1(C)CC(O)(C(F)(F)F)C(Nc2cccc3c(=O)[nH]ncc23)c2cc(O)ccc21. The standard InChI is InChI=1S/C21H20F3N3O3/c1-19(2)10-20(30,21(22,23)24)17(13-8-11(28)6-7-15(13)19)26-16-5-3-4-12-14(16)9-25-27-18(12)29/h3-9,17,26,28,30H,10H2,1-2H3,(H,27,29). The molecule has 0 saturated heterocycles. The second-order valence-electron chi connectivity index (χ2n) is 8.30. The summed E-state index contributed by atoms with van der Waals surface area (Å²) < 4.78 is 42.5. The Morgan fingerprint density at radius 2 is 1.93 bits per heavy atom. The predicted octanol–water partition coefficient (Wildman–Crippen LogP) is 3.76. The van der Waals surface area contributed by atoms with Crippen LogP contribution in [0.2, 0.25) is 0 Å². The van der Waals surface area contributed by atoms with Gasteiger partial charge < -0.3 is 15.5 Å². The largest absolute Gasteiger partial charge is 0.508 e. The zero-order valence-corrected chi connectivity index (χ0v) is 16.2. The minimum absolute atomic E-state index is 0.140. The highest BCUT2D eigenvalue weighted by Gasteiger charge is 2.63. The molecule has 30 heavy (non-hydrogen) atoms. The van der Waals surface area contributed by atoms with Crippen LogP contribution < -0.4 is 10.9 Å². The van der Waals surface area contributed by atoms with Gasteiger partial charge in [0.2, 0.25) is 0 Å². The summed E-state index contributed by atoms with van der Waals surface area (Å²) in [4.78, 5) is 12.0. The van der Waals surface area contributed by atoms with Crippen molar-refractivity contribution in [1.82, 2.24) is 10.2 Å². The van der Waals surface area contributed by atoms with E-state index in [2.05, 4.69) is 15.5 Å². The number of benzene rings is 2. The van der Waals surface area contributed by atoms with Gasteiger partial charge in [-0.1, -0.05) is 26.0 Å². The number of halogens is 3. The molecule has 1 heterocycles. The van der Waals surface area contributed by atoms with Crippen molar-refractivity contribution in [3.8, 4) is 5.75 Å². The number of nitrogens with one attached hydrogen (secondary N) is 2. The lowest BCUT2D eigenvalue weighted by Crippen LogP contribution is -2.58. The van der Waals surface area contributed by atoms with Gasteiger partial charge in [-0.25, -0.2) is 5.10 Å². The number of aliphatic hydroxyl groups is 1. The summed E-state index contributed by atoms with van der Waals surface area (Å²) in [6.07, 6.45) is -4.20. The lowest BCUT2D eigenvalue weighted by Gasteiger charge is -2.49. The molecule has 0 radical (unpaired) electrons. The molecule has 0 fully saturated rings. The number of aromatic nitrogens is 2. The highest BCUT2D eigenvalue weighted by molar-refractivity contribution is 5.92. The molecule has 3 aromatic rings. The first-order valence-electron chi connectivity index (χ1n) is 9.29. The molecule has 4 rings (SSSR count). The molecule has 0 bridgehead atoms. The number of hydrogen-bond acceptors (Lipinski definition) is 5. The maximum atomic E-state index is 14.2. The topological polar surface area (TPSA) is 98.2 Å². The smallest absolute Gasteiger partial charge is 0.419 e. The molecule has 9 heteroatoms. The highest BCUT2D eigenvalue weighted by Crippen LogP contribution is 2.55. The molecule has 0 saturated carbocycles. The number of aromatic hydroxyl groups is 1. The first kappa shape index (κ1) is 20.2. The number of aromatic amines is 1. The van der Waals surface area contributed by atoms with Crippen molar-refractivity contribution in [3.63, 3.8) is 0 Å². The van der Waals surface area contributed by atoms with Gasteiger partial charge in [-0.05, 0) is 47.2 Å². The van der Waals surface area contributed by atoms with E-state index >= 15 is 0 Å². The van der Waals surface area contributed by atoms with Crippen molar-refractivity contribution < 1.29 is 23.4 Å². The van der Waals surface area contributed by atoms with Crippen LogP contribution in [0.1, 0.15) is 37.4 Å². The number of anilines is 1. The molecule has 2 atom stereocenters. The third kappa shape index (κ3) is 3.00. The molecule has 4 N–H and O–H groups in total. The fraction of sp³-hybridized carbons (Fsp3) is 0.333. The van der Waals surface area contributed by atoms with Crippen molar-refractivity contribution in [2.24, 2.45) is 0 Å². The van der Waals surface area contributed by atoms with Crippen LogP contribution in [0.25, 0.3) is 10.8 Å². The number of fused-ring (bicyclic) bond motifs is 2. The third-order valence-corrected chi connectivity index (χ3v) is 5.77. The second kappa shape index (κ2) is 6.46. The summed E-state index contributed by atoms with van der Waals surface area (Å²) in [6.45, 7) is 3.24. The molecule has 1 aromatic heterocycles. The second-order valence-corrected chi connectivity index (χ2v) is 8.30. The van der Waals surface area contributed by atoms with E-state index < -0.39 is 35.2 Å². The van der Waals surface area contributed by atoms with Crippen LogP contribution in [0.5, 0.6) is 5.75 Å². The Balaban J connectivity index is 1.95. The summed E-state index contributed by atoms with van der Waals surface area (Å²) >= 11 is 0. The van der Waals surface area contributed by atoms with E-state index in [4.69, 9.17) is 0 Å². The number of hydrogen-bond donors (Lipinski definition) is 4. The van der Waals surface area contributed by atoms with Gasteiger partial charge in [-0.15, -0.1) is 0 Å². The summed E-state index contributed by atoms with van der Waals surface area (Å²) in [7, 11) is 0. The Morgan fingerprint density at radius 1 is 1.20 bits per heavy atom. The summed E-state index contributed by atoms with van der Waals surface area (Å²) in [5, 5.41) is 30.3. The molecule has 1 aliphatic carbocycles. The Morgan fingerprint density at radius 3 is 2.63 bits per heavy atom. The van der Waals surface area contributed by atoms with E-state index in [1.165, 1.54) is 36.5 Å². The quantitative estimate of drug-likeness (QED) is 0.507. The van der Waals surface area contributed by atoms with E-state index in [1.807, 2.05) is 0 Å². The van der Waals surface area contributed by atoms with Crippen LogP contribution in [0.15, 0.2) is 47.4 Å². The lowest BCUT2D eigenvalue weighted by atomic mass is 9.63. The molecule has 1 aliphatic rings. The van der Waals surface area contributed by atoms with Gasteiger partial charge in [0.25, 0.3) is 5.56 Å². The molecule has 2 unspecified atom stereocenters. The van der Waals surface area contributed by atoms with Crippen LogP contribution in [0.3, 0.4) is 0 Å². The number of phenols is 1. The number of nitrogens with zero attached hydrogens (tertiary/aromatic N) is 1. The average molecular weight is 419 g/mol. The van der Waals surface area contributed by atoms with Gasteiger partial charge in [0.05, 0.1) is 17.6 Å². The molecule has 0 amide bonds.